The first-order chi connectivity index (χ1) is 5.88. The van der Waals surface area contributed by atoms with Crippen LogP contribution in [0.2, 0.25) is 0 Å². The molecule has 60 valence electrons. The molecule has 0 aliphatic heterocycles. The van der Waals surface area contributed by atoms with E-state index < -0.39 is 0 Å². The summed E-state index contributed by atoms with van der Waals surface area (Å²) in [5.74, 6) is 0. The van der Waals surface area contributed by atoms with Crippen LogP contribution in [0.3, 0.4) is 0 Å². The average molecular weight is 271 g/mol. The number of halogens is 1. The molecule has 0 aliphatic carbocycles. The van der Waals surface area contributed by atoms with Crippen molar-refractivity contribution in [2.75, 3.05) is 0 Å². The molecule has 2 rings (SSSR count). The highest BCUT2D eigenvalue weighted by atomic mass is 127. The third-order valence-electron chi connectivity index (χ3n) is 1.57. The molecular weight excluding hydrogens is 265 g/mol. The highest BCUT2D eigenvalue weighted by molar-refractivity contribution is 14.1. The summed E-state index contributed by atoms with van der Waals surface area (Å²) in [7, 11) is 0. The smallest absolute Gasteiger partial charge is 0.191 e. The van der Waals surface area contributed by atoms with E-state index in [2.05, 4.69) is 27.6 Å². The van der Waals surface area contributed by atoms with Gasteiger partial charge in [0.05, 0.1) is 0 Å². The lowest BCUT2D eigenvalue weighted by Gasteiger charge is -1.93. The maximum absolute atomic E-state index is 5.09. The topological polar surface area (TPSA) is 26.0 Å². The van der Waals surface area contributed by atoms with Crippen molar-refractivity contribution >= 4 is 22.6 Å². The Bertz CT molecular complexity index is 369. The first-order valence-electron chi connectivity index (χ1n) is 3.52. The number of hydrogen-bond donors (Lipinski definition) is 0. The third kappa shape index (κ3) is 1.36. The predicted octanol–water partition coefficient (Wildman–Crippen LogP) is 2.95. The van der Waals surface area contributed by atoms with E-state index in [1.54, 1.807) is 0 Å². The van der Waals surface area contributed by atoms with E-state index in [1.807, 2.05) is 30.3 Å². The van der Waals surface area contributed by atoms with Gasteiger partial charge in [-0.25, -0.2) is 4.98 Å². The molecule has 0 atom stereocenters. The van der Waals surface area contributed by atoms with Gasteiger partial charge in [0.15, 0.2) is 10.2 Å². The van der Waals surface area contributed by atoms with Crippen LogP contribution >= 0.6 is 22.6 Å². The summed E-state index contributed by atoms with van der Waals surface area (Å²) in [6.45, 7) is 0. The fraction of sp³-hybridized carbons (Fsp3) is 0. The number of benzene rings is 1. The lowest BCUT2D eigenvalue weighted by Crippen LogP contribution is -1.77. The van der Waals surface area contributed by atoms with Gasteiger partial charge in [-0.2, -0.15) is 0 Å². The normalized spacial score (nSPS) is 10.1. The van der Waals surface area contributed by atoms with E-state index in [9.17, 15) is 0 Å². The summed E-state index contributed by atoms with van der Waals surface area (Å²) >= 11 is 2.13. The Balaban J connectivity index is 2.51. The van der Waals surface area contributed by atoms with Crippen LogP contribution in [0.25, 0.3) is 11.3 Å². The van der Waals surface area contributed by atoms with Crippen molar-refractivity contribution in [3.63, 3.8) is 0 Å². The second kappa shape index (κ2) is 3.26. The maximum atomic E-state index is 5.09. The van der Waals surface area contributed by atoms with Gasteiger partial charge in [0.1, 0.15) is 5.69 Å². The number of aromatic nitrogens is 1. The first-order valence-corrected chi connectivity index (χ1v) is 4.60. The molecular formula is C9H6INO. The molecule has 0 bridgehead atoms. The molecule has 0 amide bonds. The van der Waals surface area contributed by atoms with E-state index in [0.29, 0.717) is 0 Å². The summed E-state index contributed by atoms with van der Waals surface area (Å²) in [5.41, 5.74) is 2.01. The molecule has 0 saturated carbocycles. The van der Waals surface area contributed by atoms with Crippen LogP contribution in [0.1, 0.15) is 0 Å². The molecule has 2 aromatic rings. The van der Waals surface area contributed by atoms with Crippen LogP contribution in [0.4, 0.5) is 0 Å². The minimum Gasteiger partial charge on any atom is -0.437 e. The van der Waals surface area contributed by atoms with E-state index in [-0.39, 0.29) is 0 Å². The van der Waals surface area contributed by atoms with Crippen LogP contribution in [-0.2, 0) is 0 Å². The van der Waals surface area contributed by atoms with E-state index in [0.717, 1.165) is 15.0 Å². The predicted molar refractivity (Wildman–Crippen MR) is 54.7 cm³/mol. The molecule has 1 heterocycles. The highest BCUT2D eigenvalue weighted by Crippen LogP contribution is 2.22. The monoisotopic (exact) mass is 271 g/mol. The maximum Gasteiger partial charge on any atom is 0.191 e. The van der Waals surface area contributed by atoms with Gasteiger partial charge in [0, 0.05) is 28.2 Å². The van der Waals surface area contributed by atoms with Crippen molar-refractivity contribution in [3.8, 4) is 11.3 Å². The van der Waals surface area contributed by atoms with Crippen molar-refractivity contribution in [1.29, 1.82) is 0 Å². The molecule has 0 saturated heterocycles. The lowest BCUT2D eigenvalue weighted by molar-refractivity contribution is 0.531. The van der Waals surface area contributed by atoms with Crippen LogP contribution in [0, 0.1) is 3.77 Å². The van der Waals surface area contributed by atoms with Gasteiger partial charge in [-0.1, -0.05) is 30.3 Å². The lowest BCUT2D eigenvalue weighted by atomic mass is 10.2. The van der Waals surface area contributed by atoms with Gasteiger partial charge in [-0.3, -0.25) is 0 Å². The van der Waals surface area contributed by atoms with Crippen LogP contribution < -0.4 is 0 Å². The quantitative estimate of drug-likeness (QED) is 0.745. The van der Waals surface area contributed by atoms with Gasteiger partial charge in [0.2, 0.25) is 0 Å². The van der Waals surface area contributed by atoms with Crippen molar-refractivity contribution < 1.29 is 4.42 Å². The van der Waals surface area contributed by atoms with Gasteiger partial charge in [-0.05, 0) is 0 Å². The second-order valence-corrected chi connectivity index (χ2v) is 3.32. The first kappa shape index (κ1) is 7.79. The fourth-order valence-electron chi connectivity index (χ4n) is 1.02. The molecule has 0 unspecified atom stereocenters. The van der Waals surface area contributed by atoms with Crippen molar-refractivity contribution in [3.05, 3.63) is 40.5 Å². The SMILES string of the molecule is Ic1ocnc1-c1ccccc1. The zero-order valence-corrected chi connectivity index (χ0v) is 8.36. The second-order valence-electron chi connectivity index (χ2n) is 2.34. The molecule has 3 heteroatoms. The minimum atomic E-state index is 0.832. The van der Waals surface area contributed by atoms with Crippen LogP contribution in [-0.4, -0.2) is 4.98 Å². The van der Waals surface area contributed by atoms with Gasteiger partial charge >= 0.3 is 0 Å². The van der Waals surface area contributed by atoms with Gasteiger partial charge in [-0.15, -0.1) is 0 Å². The Morgan fingerprint density at radius 3 is 2.50 bits per heavy atom. The zero-order valence-electron chi connectivity index (χ0n) is 6.20. The molecule has 2 nitrogen and oxygen atoms in total. The summed E-state index contributed by atoms with van der Waals surface area (Å²) in [5, 5.41) is 0. The van der Waals surface area contributed by atoms with E-state index in [4.69, 9.17) is 4.42 Å². The third-order valence-corrected chi connectivity index (χ3v) is 2.34. The van der Waals surface area contributed by atoms with Gasteiger partial charge in [0.25, 0.3) is 0 Å². The largest absolute Gasteiger partial charge is 0.437 e. The molecule has 0 aliphatic rings. The molecule has 0 N–H and O–H groups in total. The Morgan fingerprint density at radius 1 is 1.17 bits per heavy atom. The zero-order chi connectivity index (χ0) is 8.39. The summed E-state index contributed by atoms with van der Waals surface area (Å²) < 4.78 is 5.93. The summed E-state index contributed by atoms with van der Waals surface area (Å²) in [4.78, 5) is 4.11. The van der Waals surface area contributed by atoms with Crippen LogP contribution in [0.15, 0.2) is 41.1 Å². The number of oxazole rings is 1. The van der Waals surface area contributed by atoms with E-state index >= 15 is 0 Å². The fourth-order valence-corrected chi connectivity index (χ4v) is 1.58. The standard InChI is InChI=1S/C9H6INO/c10-9-8(11-6-12-9)7-4-2-1-3-5-7/h1-6H. The molecule has 1 aromatic carbocycles. The Hall–Kier alpha value is -0.840. The molecule has 0 radical (unpaired) electrons. The molecule has 1 aromatic heterocycles. The average Bonchev–Trinajstić information content (AvgIpc) is 2.53. The summed E-state index contributed by atoms with van der Waals surface area (Å²) in [6.07, 6.45) is 1.46. The van der Waals surface area contributed by atoms with Crippen molar-refractivity contribution in [2.24, 2.45) is 0 Å². The number of hydrogen-bond acceptors (Lipinski definition) is 2. The van der Waals surface area contributed by atoms with Crippen molar-refractivity contribution in [2.45, 2.75) is 0 Å². The minimum absolute atomic E-state index is 0.832. The molecule has 12 heavy (non-hydrogen) atoms. The van der Waals surface area contributed by atoms with Crippen molar-refractivity contribution in [1.82, 2.24) is 4.98 Å². The Kier molecular flexibility index (Phi) is 2.12. The van der Waals surface area contributed by atoms with Gasteiger partial charge < -0.3 is 4.42 Å². The molecule has 0 fully saturated rings. The number of rotatable bonds is 1. The summed E-state index contributed by atoms with van der Waals surface area (Å²) in [6, 6.07) is 9.98. The van der Waals surface area contributed by atoms with Crippen LogP contribution in [0.5, 0.6) is 0 Å². The highest BCUT2D eigenvalue weighted by Gasteiger charge is 2.05. The Morgan fingerprint density at radius 2 is 1.92 bits per heavy atom. The Labute approximate surface area is 83.8 Å². The number of nitrogens with zero attached hydrogens (tertiary/aromatic N) is 1. The van der Waals surface area contributed by atoms with E-state index in [1.165, 1.54) is 6.39 Å². The molecule has 0 spiro atoms.